The number of hydrogen-bond donors (Lipinski definition) is 1. The average molecular weight is 359 g/mol. The lowest BCUT2D eigenvalue weighted by Gasteiger charge is -2.32. The molecule has 0 aliphatic carbocycles. The Morgan fingerprint density at radius 2 is 1.63 bits per heavy atom. The quantitative estimate of drug-likeness (QED) is 0.652. The average Bonchev–Trinajstić information content (AvgIpc) is 2.74. The van der Waals surface area contributed by atoms with Crippen LogP contribution >= 0.6 is 0 Å². The maximum absolute atomic E-state index is 3.89. The highest BCUT2D eigenvalue weighted by atomic mass is 15.1. The second-order valence-corrected chi connectivity index (χ2v) is 7.18. The van der Waals surface area contributed by atoms with Crippen molar-refractivity contribution in [1.29, 1.82) is 0 Å². The molecule has 0 bridgehead atoms. The summed E-state index contributed by atoms with van der Waals surface area (Å²) in [6, 6.07) is 20.1. The Morgan fingerprint density at radius 3 is 2.26 bits per heavy atom. The molecular weight excluding hydrogens is 328 g/mol. The summed E-state index contributed by atoms with van der Waals surface area (Å²) < 4.78 is 0. The fourth-order valence-electron chi connectivity index (χ4n) is 3.60. The van der Waals surface area contributed by atoms with E-state index < -0.39 is 0 Å². The van der Waals surface area contributed by atoms with Crippen LogP contribution in [0.1, 0.15) is 18.4 Å². The first-order valence-electron chi connectivity index (χ1n) is 9.82. The molecule has 2 aromatic carbocycles. The number of benzene rings is 2. The van der Waals surface area contributed by atoms with E-state index in [2.05, 4.69) is 84.0 Å². The molecule has 2 aromatic rings. The summed E-state index contributed by atoms with van der Waals surface area (Å²) in [5.41, 5.74) is 5.14. The van der Waals surface area contributed by atoms with E-state index in [4.69, 9.17) is 0 Å². The smallest absolute Gasteiger partial charge is 0.0233 e. The fourth-order valence-corrected chi connectivity index (χ4v) is 3.60. The predicted molar refractivity (Wildman–Crippen MR) is 117 cm³/mol. The largest absolute Gasteiger partial charge is 0.310 e. The molecule has 0 unspecified atom stereocenters. The van der Waals surface area contributed by atoms with Crippen LogP contribution < -0.4 is 5.32 Å². The van der Waals surface area contributed by atoms with Gasteiger partial charge in [0.2, 0.25) is 0 Å². The zero-order valence-corrected chi connectivity index (χ0v) is 16.1. The highest BCUT2D eigenvalue weighted by molar-refractivity contribution is 5.63. The van der Waals surface area contributed by atoms with E-state index in [0.29, 0.717) is 6.04 Å². The van der Waals surface area contributed by atoms with E-state index in [9.17, 15) is 0 Å². The molecule has 2 nitrogen and oxygen atoms in total. The van der Waals surface area contributed by atoms with Crippen LogP contribution in [0.3, 0.4) is 0 Å². The molecule has 0 spiro atoms. The normalized spacial score (nSPS) is 16.2. The van der Waals surface area contributed by atoms with Gasteiger partial charge in [0.1, 0.15) is 0 Å². The molecule has 1 aliphatic heterocycles. The van der Waals surface area contributed by atoms with Crippen LogP contribution in [-0.2, 0) is 6.54 Å². The molecule has 1 N–H and O–H groups in total. The van der Waals surface area contributed by atoms with Crippen LogP contribution in [-0.4, -0.2) is 30.6 Å². The highest BCUT2D eigenvalue weighted by Gasteiger charge is 2.18. The molecule has 1 aliphatic rings. The van der Waals surface area contributed by atoms with Crippen molar-refractivity contribution >= 4 is 0 Å². The minimum absolute atomic E-state index is 0.602. The van der Waals surface area contributed by atoms with E-state index in [1.807, 2.05) is 12.2 Å². The van der Waals surface area contributed by atoms with Crippen molar-refractivity contribution in [1.82, 2.24) is 10.2 Å². The Labute approximate surface area is 163 Å². The third-order valence-corrected chi connectivity index (χ3v) is 5.24. The van der Waals surface area contributed by atoms with Crippen molar-refractivity contribution < 1.29 is 0 Å². The molecular formula is C25H30N2. The number of likely N-dealkylation sites (tertiary alicyclic amines) is 1. The first-order chi connectivity index (χ1) is 13.3. The van der Waals surface area contributed by atoms with Gasteiger partial charge in [-0.2, -0.15) is 0 Å². The molecule has 0 aromatic heterocycles. The van der Waals surface area contributed by atoms with Gasteiger partial charge in [-0.15, -0.1) is 0 Å². The van der Waals surface area contributed by atoms with E-state index >= 15 is 0 Å². The third kappa shape index (κ3) is 5.78. The number of nitrogens with one attached hydrogen (secondary N) is 1. The van der Waals surface area contributed by atoms with Gasteiger partial charge in [0.25, 0.3) is 0 Å². The standard InChI is InChI=1S/C25H30N2/c1-3-8-21(4-2)20-27-17-15-25(16-18-27)26-19-22-11-13-24(14-12-22)23-9-6-5-7-10-23/h3-14,25-26H,1-2,15-20H2/b21-8+. The van der Waals surface area contributed by atoms with Gasteiger partial charge >= 0.3 is 0 Å². The number of rotatable bonds is 8. The SMILES string of the molecule is C=C/C=C(\C=C)CN1CCC(NCc2ccc(-c3ccccc3)cc2)CC1. The maximum Gasteiger partial charge on any atom is 0.0233 e. The lowest BCUT2D eigenvalue weighted by Crippen LogP contribution is -2.42. The highest BCUT2D eigenvalue weighted by Crippen LogP contribution is 2.19. The zero-order valence-electron chi connectivity index (χ0n) is 16.1. The molecule has 0 atom stereocenters. The number of hydrogen-bond acceptors (Lipinski definition) is 2. The third-order valence-electron chi connectivity index (χ3n) is 5.24. The summed E-state index contributed by atoms with van der Waals surface area (Å²) in [4.78, 5) is 2.50. The number of allylic oxidation sites excluding steroid dienone is 2. The summed E-state index contributed by atoms with van der Waals surface area (Å²) in [5, 5.41) is 3.73. The van der Waals surface area contributed by atoms with E-state index in [1.54, 1.807) is 0 Å². The summed E-state index contributed by atoms with van der Waals surface area (Å²) in [6.45, 7) is 11.8. The van der Waals surface area contributed by atoms with Crippen molar-refractivity contribution in [3.8, 4) is 11.1 Å². The van der Waals surface area contributed by atoms with Crippen LogP contribution in [0.5, 0.6) is 0 Å². The van der Waals surface area contributed by atoms with Gasteiger partial charge in [-0.1, -0.05) is 86.0 Å². The minimum atomic E-state index is 0.602. The number of piperidine rings is 1. The minimum Gasteiger partial charge on any atom is -0.310 e. The van der Waals surface area contributed by atoms with Crippen molar-refractivity contribution in [3.63, 3.8) is 0 Å². The topological polar surface area (TPSA) is 15.3 Å². The molecule has 0 saturated carbocycles. The molecule has 1 saturated heterocycles. The van der Waals surface area contributed by atoms with Gasteiger partial charge in [0, 0.05) is 19.1 Å². The second-order valence-electron chi connectivity index (χ2n) is 7.18. The van der Waals surface area contributed by atoms with Gasteiger partial charge in [0.05, 0.1) is 0 Å². The Bertz CT molecular complexity index is 751. The molecule has 0 amide bonds. The maximum atomic E-state index is 3.89. The van der Waals surface area contributed by atoms with Crippen molar-refractivity contribution in [3.05, 3.63) is 97.1 Å². The van der Waals surface area contributed by atoms with E-state index in [0.717, 1.165) is 26.2 Å². The predicted octanol–water partition coefficient (Wildman–Crippen LogP) is 5.21. The molecule has 140 valence electrons. The van der Waals surface area contributed by atoms with Crippen LogP contribution in [0.15, 0.2) is 91.6 Å². The van der Waals surface area contributed by atoms with Crippen molar-refractivity contribution in [2.24, 2.45) is 0 Å². The lowest BCUT2D eigenvalue weighted by atomic mass is 10.0. The molecule has 27 heavy (non-hydrogen) atoms. The molecule has 1 heterocycles. The molecule has 0 radical (unpaired) electrons. The number of nitrogens with zero attached hydrogens (tertiary/aromatic N) is 1. The molecule has 2 heteroatoms. The van der Waals surface area contributed by atoms with Gasteiger partial charge in [-0.3, -0.25) is 4.90 Å². The summed E-state index contributed by atoms with van der Waals surface area (Å²) in [7, 11) is 0. The Balaban J connectivity index is 1.44. The van der Waals surface area contributed by atoms with Gasteiger partial charge in [0.15, 0.2) is 0 Å². The van der Waals surface area contributed by atoms with Crippen molar-refractivity contribution in [2.45, 2.75) is 25.4 Å². The second kappa shape index (κ2) is 10.1. The summed E-state index contributed by atoms with van der Waals surface area (Å²) >= 11 is 0. The van der Waals surface area contributed by atoms with Crippen LogP contribution in [0.2, 0.25) is 0 Å². The Kier molecular flexibility index (Phi) is 7.20. The first kappa shape index (κ1) is 19.3. The van der Waals surface area contributed by atoms with Gasteiger partial charge in [-0.05, 0) is 48.2 Å². The lowest BCUT2D eigenvalue weighted by molar-refractivity contribution is 0.212. The Hall–Kier alpha value is -2.42. The molecule has 3 rings (SSSR count). The summed E-state index contributed by atoms with van der Waals surface area (Å²) in [6.07, 6.45) is 8.22. The van der Waals surface area contributed by atoms with Crippen LogP contribution in [0, 0.1) is 0 Å². The van der Waals surface area contributed by atoms with Gasteiger partial charge in [-0.25, -0.2) is 0 Å². The van der Waals surface area contributed by atoms with Crippen molar-refractivity contribution in [2.75, 3.05) is 19.6 Å². The monoisotopic (exact) mass is 358 g/mol. The van der Waals surface area contributed by atoms with Gasteiger partial charge < -0.3 is 5.32 Å². The van der Waals surface area contributed by atoms with E-state index in [1.165, 1.54) is 35.1 Å². The van der Waals surface area contributed by atoms with Crippen LogP contribution in [0.4, 0.5) is 0 Å². The first-order valence-corrected chi connectivity index (χ1v) is 9.82. The zero-order chi connectivity index (χ0) is 18.9. The van der Waals surface area contributed by atoms with Crippen LogP contribution in [0.25, 0.3) is 11.1 Å². The molecule has 1 fully saturated rings. The Morgan fingerprint density at radius 1 is 0.963 bits per heavy atom. The summed E-state index contributed by atoms with van der Waals surface area (Å²) in [5.74, 6) is 0. The fraction of sp³-hybridized carbons (Fsp3) is 0.280. The van der Waals surface area contributed by atoms with E-state index in [-0.39, 0.29) is 0 Å².